The standard InChI is InChI=1S/C41H49F6N5O5/c1-5-57-19-18-52-33-9-7-6-8-32(33)49-38(52)48-31-10-14-50(15-11-31)16-12-39(25-27-20-29(40(42,43)44)24-30(21-27)41(45,46)47)13-17-51(37(39)53)26-28-22-34(54-2)36(56-4)35(23-28)55-3/h6-9,20-24,31H,5,10-19,25-26H2,1-4H3,(H,48,49). The number of fused-ring (bicyclic) bond motifs is 1. The molecule has 10 nitrogen and oxygen atoms in total. The van der Waals surface area contributed by atoms with Crippen molar-refractivity contribution in [2.75, 3.05) is 66.0 Å². The number of hydrogen-bond acceptors (Lipinski definition) is 8. The summed E-state index contributed by atoms with van der Waals surface area (Å²) in [5.41, 5.74) is -1.68. The second kappa shape index (κ2) is 17.4. The van der Waals surface area contributed by atoms with Crippen molar-refractivity contribution in [3.63, 3.8) is 0 Å². The molecule has 0 radical (unpaired) electrons. The van der Waals surface area contributed by atoms with Crippen molar-refractivity contribution in [2.24, 2.45) is 5.41 Å². The highest BCUT2D eigenvalue weighted by atomic mass is 19.4. The van der Waals surface area contributed by atoms with Crippen molar-refractivity contribution in [2.45, 2.75) is 70.5 Å². The van der Waals surface area contributed by atoms with E-state index in [0.717, 1.165) is 42.0 Å². The number of ether oxygens (including phenoxy) is 4. The van der Waals surface area contributed by atoms with Crippen LogP contribution in [-0.2, 0) is 41.4 Å². The molecule has 1 aromatic heterocycles. The molecule has 2 aliphatic heterocycles. The lowest BCUT2D eigenvalue weighted by Gasteiger charge is -2.36. The quantitative estimate of drug-likeness (QED) is 0.0900. The number of methoxy groups -OCH3 is 3. The molecule has 57 heavy (non-hydrogen) atoms. The first-order valence-electron chi connectivity index (χ1n) is 19.1. The van der Waals surface area contributed by atoms with Gasteiger partial charge in [-0.2, -0.15) is 26.3 Å². The highest BCUT2D eigenvalue weighted by Gasteiger charge is 2.47. The van der Waals surface area contributed by atoms with Crippen molar-refractivity contribution in [3.8, 4) is 17.2 Å². The number of halogens is 6. The second-order valence-corrected chi connectivity index (χ2v) is 14.7. The molecule has 2 fully saturated rings. The lowest BCUT2D eigenvalue weighted by molar-refractivity contribution is -0.143. The number of imidazole rings is 1. The van der Waals surface area contributed by atoms with Crippen LogP contribution in [0, 0.1) is 5.41 Å². The SMILES string of the molecule is CCOCCn1c(NC2CCN(CCC3(Cc4cc(C(F)(F)F)cc(C(F)(F)F)c4)CCN(Cc4cc(OC)c(OC)c(OC)c4)C3=O)CC2)nc2ccccc21. The first kappa shape index (κ1) is 41.9. The fourth-order valence-corrected chi connectivity index (χ4v) is 8.06. The van der Waals surface area contributed by atoms with E-state index in [0.29, 0.717) is 62.2 Å². The zero-order valence-corrected chi connectivity index (χ0v) is 32.6. The molecule has 0 bridgehead atoms. The van der Waals surface area contributed by atoms with Crippen molar-refractivity contribution in [1.82, 2.24) is 19.4 Å². The van der Waals surface area contributed by atoms with Crippen LogP contribution in [0.1, 0.15) is 54.9 Å². The molecule has 310 valence electrons. The Kier molecular flexibility index (Phi) is 12.8. The Balaban J connectivity index is 1.21. The van der Waals surface area contributed by atoms with Crippen LogP contribution in [0.5, 0.6) is 17.2 Å². The van der Waals surface area contributed by atoms with Crippen molar-refractivity contribution < 1.29 is 50.1 Å². The normalized spacial score (nSPS) is 18.4. The number of alkyl halides is 6. The minimum absolute atomic E-state index is 0.117. The third-order valence-corrected chi connectivity index (χ3v) is 11.0. The predicted molar refractivity (Wildman–Crippen MR) is 203 cm³/mol. The van der Waals surface area contributed by atoms with E-state index in [1.807, 2.05) is 31.2 Å². The molecule has 4 aromatic rings. The van der Waals surface area contributed by atoms with Crippen LogP contribution in [0.15, 0.2) is 54.6 Å². The Bertz CT molecular complexity index is 1950. The number of benzene rings is 3. The van der Waals surface area contributed by atoms with E-state index in [2.05, 4.69) is 14.8 Å². The van der Waals surface area contributed by atoms with Gasteiger partial charge in [-0.15, -0.1) is 0 Å². The Labute approximate surface area is 328 Å². The van der Waals surface area contributed by atoms with E-state index in [1.54, 1.807) is 17.0 Å². The minimum atomic E-state index is -5.01. The molecular weight excluding hydrogens is 756 g/mol. The molecule has 3 aromatic carbocycles. The number of carbonyl (C=O) groups is 1. The topological polar surface area (TPSA) is 90.3 Å². The van der Waals surface area contributed by atoms with Crippen LogP contribution in [0.4, 0.5) is 32.3 Å². The molecule has 16 heteroatoms. The predicted octanol–water partition coefficient (Wildman–Crippen LogP) is 8.06. The number of aromatic nitrogens is 2. The summed E-state index contributed by atoms with van der Waals surface area (Å²) in [5.74, 6) is 1.57. The van der Waals surface area contributed by atoms with Gasteiger partial charge in [0, 0.05) is 45.4 Å². The number of carbonyl (C=O) groups excluding carboxylic acids is 1. The smallest absolute Gasteiger partial charge is 0.416 e. The first-order chi connectivity index (χ1) is 27.2. The van der Waals surface area contributed by atoms with Crippen molar-refractivity contribution >= 4 is 22.9 Å². The second-order valence-electron chi connectivity index (χ2n) is 14.7. The maximum Gasteiger partial charge on any atom is 0.416 e. The largest absolute Gasteiger partial charge is 0.493 e. The van der Waals surface area contributed by atoms with Crippen LogP contribution in [0.3, 0.4) is 0 Å². The molecule has 0 saturated carbocycles. The monoisotopic (exact) mass is 805 g/mol. The molecule has 1 amide bonds. The number of rotatable bonds is 16. The van der Waals surface area contributed by atoms with E-state index < -0.39 is 28.9 Å². The summed E-state index contributed by atoms with van der Waals surface area (Å²) in [5, 5.41) is 3.62. The van der Waals surface area contributed by atoms with Gasteiger partial charge < -0.3 is 38.6 Å². The molecular formula is C41H49F6N5O5. The average molecular weight is 806 g/mol. The van der Waals surface area contributed by atoms with E-state index in [4.69, 9.17) is 23.9 Å². The van der Waals surface area contributed by atoms with Gasteiger partial charge in [0.1, 0.15) is 0 Å². The Morgan fingerprint density at radius 3 is 2.09 bits per heavy atom. The molecule has 2 aliphatic rings. The summed E-state index contributed by atoms with van der Waals surface area (Å²) in [4.78, 5) is 23.2. The molecule has 0 aliphatic carbocycles. The summed E-state index contributed by atoms with van der Waals surface area (Å²) in [6.07, 6.45) is -8.25. The number of nitrogens with zero attached hydrogens (tertiary/aromatic N) is 4. The lowest BCUT2D eigenvalue weighted by Crippen LogP contribution is -2.43. The summed E-state index contributed by atoms with van der Waals surface area (Å²) >= 11 is 0. The third kappa shape index (κ3) is 9.54. The molecule has 1 N–H and O–H groups in total. The van der Waals surface area contributed by atoms with E-state index in [9.17, 15) is 31.1 Å². The van der Waals surface area contributed by atoms with Gasteiger partial charge in [0.15, 0.2) is 11.5 Å². The minimum Gasteiger partial charge on any atom is -0.493 e. The average Bonchev–Trinajstić information content (AvgIpc) is 3.68. The van der Waals surface area contributed by atoms with Gasteiger partial charge in [-0.1, -0.05) is 12.1 Å². The number of nitrogens with one attached hydrogen (secondary N) is 1. The van der Waals surface area contributed by atoms with E-state index in [-0.39, 0.29) is 55.9 Å². The molecule has 2 saturated heterocycles. The summed E-state index contributed by atoms with van der Waals surface area (Å²) in [6.45, 7) is 5.93. The highest BCUT2D eigenvalue weighted by Crippen LogP contribution is 2.44. The first-order valence-corrected chi connectivity index (χ1v) is 19.1. The van der Waals surface area contributed by atoms with Gasteiger partial charge in [-0.25, -0.2) is 4.98 Å². The maximum absolute atomic E-state index is 14.5. The molecule has 0 spiro atoms. The summed E-state index contributed by atoms with van der Waals surface area (Å²) in [6, 6.07) is 13.1. The zero-order valence-electron chi connectivity index (χ0n) is 32.6. The molecule has 1 atom stereocenters. The van der Waals surface area contributed by atoms with Crippen molar-refractivity contribution in [1.29, 1.82) is 0 Å². The van der Waals surface area contributed by atoms with Gasteiger partial charge in [-0.3, -0.25) is 4.79 Å². The zero-order chi connectivity index (χ0) is 41.0. The molecule has 6 rings (SSSR count). The highest BCUT2D eigenvalue weighted by molar-refractivity contribution is 5.85. The molecule has 3 heterocycles. The van der Waals surface area contributed by atoms with E-state index >= 15 is 0 Å². The number of amides is 1. The third-order valence-electron chi connectivity index (χ3n) is 11.0. The van der Waals surface area contributed by atoms with Crippen LogP contribution in [0.2, 0.25) is 0 Å². The fraction of sp³-hybridized carbons (Fsp3) is 0.512. The van der Waals surface area contributed by atoms with Crippen LogP contribution in [0.25, 0.3) is 11.0 Å². The number of anilines is 1. The Morgan fingerprint density at radius 2 is 1.49 bits per heavy atom. The van der Waals surface area contributed by atoms with Gasteiger partial charge in [0.05, 0.1) is 55.5 Å². The Morgan fingerprint density at radius 1 is 0.842 bits per heavy atom. The van der Waals surface area contributed by atoms with Crippen LogP contribution >= 0.6 is 0 Å². The number of hydrogen-bond donors (Lipinski definition) is 1. The van der Waals surface area contributed by atoms with Crippen LogP contribution in [-0.4, -0.2) is 92.0 Å². The summed E-state index contributed by atoms with van der Waals surface area (Å²) in [7, 11) is 4.41. The fourth-order valence-electron chi connectivity index (χ4n) is 8.06. The number of piperidine rings is 1. The summed E-state index contributed by atoms with van der Waals surface area (Å²) < 4.78 is 108. The molecule has 1 unspecified atom stereocenters. The Hall–Kier alpha value is -4.70. The van der Waals surface area contributed by atoms with Gasteiger partial charge in [-0.05, 0) is 99.2 Å². The number of para-hydroxylation sites is 2. The number of likely N-dealkylation sites (tertiary alicyclic amines) is 2. The van der Waals surface area contributed by atoms with Crippen molar-refractivity contribution in [3.05, 3.63) is 76.9 Å². The van der Waals surface area contributed by atoms with E-state index in [1.165, 1.54) is 21.3 Å². The maximum atomic E-state index is 14.5. The van der Waals surface area contributed by atoms with Gasteiger partial charge >= 0.3 is 12.4 Å². The lowest BCUT2D eigenvalue weighted by atomic mass is 9.76. The van der Waals surface area contributed by atoms with Gasteiger partial charge in [0.25, 0.3) is 0 Å². The van der Waals surface area contributed by atoms with Gasteiger partial charge in [0.2, 0.25) is 17.6 Å². The van der Waals surface area contributed by atoms with Crippen LogP contribution < -0.4 is 19.5 Å².